The molecule has 6 heteroatoms. The Balaban J connectivity index is 1.74. The fourth-order valence-electron chi connectivity index (χ4n) is 3.77. The van der Waals surface area contributed by atoms with Crippen LogP contribution in [-0.2, 0) is 6.54 Å². The number of benzene rings is 2. The highest BCUT2D eigenvalue weighted by Gasteiger charge is 2.28. The Kier molecular flexibility index (Phi) is 6.41. The number of methoxy groups -OCH3 is 3. The molecular formula is C22H27NO5. The topological polar surface area (TPSA) is 68.2 Å². The first kappa shape index (κ1) is 20.0. The predicted octanol–water partition coefficient (Wildman–Crippen LogP) is 3.51. The zero-order chi connectivity index (χ0) is 20.1. The van der Waals surface area contributed by atoms with E-state index in [1.807, 2.05) is 6.07 Å². The number of nitrogens with zero attached hydrogens (tertiary/aromatic N) is 1. The zero-order valence-electron chi connectivity index (χ0n) is 16.6. The van der Waals surface area contributed by atoms with Gasteiger partial charge < -0.3 is 19.3 Å². The average molecular weight is 385 g/mol. The van der Waals surface area contributed by atoms with Crippen LogP contribution in [0.1, 0.15) is 28.8 Å². The lowest BCUT2D eigenvalue weighted by Crippen LogP contribution is -2.38. The third-order valence-electron chi connectivity index (χ3n) is 5.25. The van der Waals surface area contributed by atoms with Gasteiger partial charge in [0.25, 0.3) is 0 Å². The van der Waals surface area contributed by atoms with Crippen LogP contribution >= 0.6 is 0 Å². The third kappa shape index (κ3) is 4.22. The molecule has 1 saturated heterocycles. The minimum Gasteiger partial charge on any atom is -0.507 e. The number of hydrogen-bond donors (Lipinski definition) is 1. The molecule has 6 nitrogen and oxygen atoms in total. The Morgan fingerprint density at radius 3 is 2.54 bits per heavy atom. The van der Waals surface area contributed by atoms with Gasteiger partial charge >= 0.3 is 0 Å². The fraction of sp³-hybridized carbons (Fsp3) is 0.409. The number of carbonyl (C=O) groups is 1. The van der Waals surface area contributed by atoms with E-state index in [4.69, 9.17) is 14.2 Å². The number of hydrogen-bond acceptors (Lipinski definition) is 6. The molecule has 0 spiro atoms. The summed E-state index contributed by atoms with van der Waals surface area (Å²) in [5.74, 6) is 2.05. The number of Topliss-reactive ketones (excluding diaryl/α,β-unsaturated/α-hetero) is 1. The Morgan fingerprint density at radius 1 is 1.07 bits per heavy atom. The lowest BCUT2D eigenvalue weighted by Gasteiger charge is -2.32. The lowest BCUT2D eigenvalue weighted by atomic mass is 9.89. The molecule has 1 heterocycles. The Bertz CT molecular complexity index is 836. The molecule has 0 aromatic heterocycles. The van der Waals surface area contributed by atoms with Crippen molar-refractivity contribution in [2.75, 3.05) is 34.4 Å². The second-order valence-electron chi connectivity index (χ2n) is 6.97. The standard InChI is InChI=1S/C22H27NO5/c1-26-19-8-4-7-18(24)17(19)14-23-11-5-6-16(13-23)22(25)15-9-10-20(27-2)21(12-15)28-3/h4,7-10,12,16,24H,5-6,11,13-14H2,1-3H3/t16-/m1/s1. The van der Waals surface area contributed by atoms with Gasteiger partial charge in [0.1, 0.15) is 11.5 Å². The van der Waals surface area contributed by atoms with E-state index in [1.54, 1.807) is 51.7 Å². The van der Waals surface area contributed by atoms with Crippen molar-refractivity contribution in [3.05, 3.63) is 47.5 Å². The Hall–Kier alpha value is -2.73. The van der Waals surface area contributed by atoms with Gasteiger partial charge in [-0.05, 0) is 49.7 Å². The Morgan fingerprint density at radius 2 is 1.82 bits per heavy atom. The predicted molar refractivity (Wildman–Crippen MR) is 107 cm³/mol. The van der Waals surface area contributed by atoms with Crippen molar-refractivity contribution in [2.45, 2.75) is 19.4 Å². The van der Waals surface area contributed by atoms with E-state index < -0.39 is 0 Å². The molecule has 0 bridgehead atoms. The van der Waals surface area contributed by atoms with Crippen molar-refractivity contribution >= 4 is 5.78 Å². The molecule has 0 radical (unpaired) electrons. The minimum atomic E-state index is -0.0938. The first-order chi connectivity index (χ1) is 13.6. The number of likely N-dealkylation sites (tertiary alicyclic amines) is 1. The molecule has 1 aliphatic rings. The van der Waals surface area contributed by atoms with E-state index in [9.17, 15) is 9.90 Å². The highest BCUT2D eigenvalue weighted by Crippen LogP contribution is 2.32. The summed E-state index contributed by atoms with van der Waals surface area (Å²) in [6.07, 6.45) is 1.78. The number of phenols is 1. The van der Waals surface area contributed by atoms with Crippen molar-refractivity contribution < 1.29 is 24.1 Å². The molecule has 1 aliphatic heterocycles. The van der Waals surface area contributed by atoms with Gasteiger partial charge in [-0.25, -0.2) is 0 Å². The summed E-state index contributed by atoms with van der Waals surface area (Å²) < 4.78 is 16.0. The fourth-order valence-corrected chi connectivity index (χ4v) is 3.77. The van der Waals surface area contributed by atoms with Crippen LogP contribution in [-0.4, -0.2) is 50.2 Å². The van der Waals surface area contributed by atoms with Crippen LogP contribution in [0, 0.1) is 5.92 Å². The summed E-state index contributed by atoms with van der Waals surface area (Å²) in [5.41, 5.74) is 1.38. The van der Waals surface area contributed by atoms with Crippen LogP contribution in [0.2, 0.25) is 0 Å². The molecule has 0 aliphatic carbocycles. The molecule has 1 N–H and O–H groups in total. The smallest absolute Gasteiger partial charge is 0.167 e. The minimum absolute atomic E-state index is 0.0938. The highest BCUT2D eigenvalue weighted by molar-refractivity contribution is 5.98. The van der Waals surface area contributed by atoms with E-state index in [2.05, 4.69) is 4.90 Å². The molecule has 0 unspecified atom stereocenters. The molecule has 0 saturated carbocycles. The van der Waals surface area contributed by atoms with Gasteiger partial charge in [0.15, 0.2) is 17.3 Å². The summed E-state index contributed by atoms with van der Waals surface area (Å²) in [6, 6.07) is 10.6. The van der Waals surface area contributed by atoms with Crippen molar-refractivity contribution in [1.29, 1.82) is 0 Å². The summed E-state index contributed by atoms with van der Waals surface area (Å²) in [6.45, 7) is 2.07. The van der Waals surface area contributed by atoms with Crippen LogP contribution in [0.4, 0.5) is 0 Å². The third-order valence-corrected chi connectivity index (χ3v) is 5.25. The summed E-state index contributed by atoms with van der Waals surface area (Å²) in [5, 5.41) is 10.2. The van der Waals surface area contributed by atoms with Gasteiger partial charge in [0.05, 0.1) is 21.3 Å². The van der Waals surface area contributed by atoms with Gasteiger partial charge in [0.2, 0.25) is 0 Å². The molecule has 2 aromatic rings. The summed E-state index contributed by atoms with van der Waals surface area (Å²) >= 11 is 0. The van der Waals surface area contributed by atoms with Gasteiger partial charge in [-0.15, -0.1) is 0 Å². The van der Waals surface area contributed by atoms with Gasteiger partial charge in [0, 0.05) is 30.1 Å². The highest BCUT2D eigenvalue weighted by atomic mass is 16.5. The maximum Gasteiger partial charge on any atom is 0.167 e. The SMILES string of the molecule is COc1ccc(C(=O)[C@@H]2CCCN(Cc3c(O)cccc3OC)C2)cc1OC. The maximum absolute atomic E-state index is 13.1. The monoisotopic (exact) mass is 385 g/mol. The van der Waals surface area contributed by atoms with E-state index >= 15 is 0 Å². The number of aromatic hydroxyl groups is 1. The second kappa shape index (κ2) is 8.97. The molecule has 1 atom stereocenters. The number of carbonyl (C=O) groups excluding carboxylic acids is 1. The largest absolute Gasteiger partial charge is 0.507 e. The quantitative estimate of drug-likeness (QED) is 0.736. The number of phenolic OH excluding ortho intramolecular Hbond substituents is 1. The Labute approximate surface area is 165 Å². The first-order valence-electron chi connectivity index (χ1n) is 9.40. The molecule has 28 heavy (non-hydrogen) atoms. The van der Waals surface area contributed by atoms with Crippen molar-refractivity contribution in [1.82, 2.24) is 4.90 Å². The van der Waals surface area contributed by atoms with Crippen molar-refractivity contribution in [2.24, 2.45) is 5.92 Å². The lowest BCUT2D eigenvalue weighted by molar-refractivity contribution is 0.0809. The van der Waals surface area contributed by atoms with Crippen LogP contribution in [0.3, 0.4) is 0 Å². The van der Waals surface area contributed by atoms with E-state index in [0.29, 0.717) is 35.9 Å². The van der Waals surface area contributed by atoms with E-state index in [1.165, 1.54) is 0 Å². The normalized spacial score (nSPS) is 17.2. The molecule has 0 amide bonds. The molecule has 2 aromatic carbocycles. The summed E-state index contributed by atoms with van der Waals surface area (Å²) in [7, 11) is 4.73. The van der Waals surface area contributed by atoms with Gasteiger partial charge in [-0.3, -0.25) is 9.69 Å². The van der Waals surface area contributed by atoms with Crippen molar-refractivity contribution in [3.8, 4) is 23.0 Å². The molecule has 1 fully saturated rings. The summed E-state index contributed by atoms with van der Waals surface area (Å²) in [4.78, 5) is 15.3. The van der Waals surface area contributed by atoms with E-state index in [-0.39, 0.29) is 17.5 Å². The van der Waals surface area contributed by atoms with Crippen LogP contribution in [0.15, 0.2) is 36.4 Å². The van der Waals surface area contributed by atoms with Crippen LogP contribution in [0.5, 0.6) is 23.0 Å². The molecule has 150 valence electrons. The molecular weight excluding hydrogens is 358 g/mol. The van der Waals surface area contributed by atoms with E-state index in [0.717, 1.165) is 24.9 Å². The first-order valence-corrected chi connectivity index (χ1v) is 9.40. The van der Waals surface area contributed by atoms with Gasteiger partial charge in [-0.1, -0.05) is 6.07 Å². The van der Waals surface area contributed by atoms with Crippen molar-refractivity contribution in [3.63, 3.8) is 0 Å². The van der Waals surface area contributed by atoms with Gasteiger partial charge in [-0.2, -0.15) is 0 Å². The average Bonchev–Trinajstić information content (AvgIpc) is 2.74. The second-order valence-corrected chi connectivity index (χ2v) is 6.97. The number of piperidine rings is 1. The number of ether oxygens (including phenoxy) is 3. The zero-order valence-corrected chi connectivity index (χ0v) is 16.6. The van der Waals surface area contributed by atoms with Crippen LogP contribution in [0.25, 0.3) is 0 Å². The maximum atomic E-state index is 13.1. The van der Waals surface area contributed by atoms with Crippen LogP contribution < -0.4 is 14.2 Å². The number of rotatable bonds is 7. The molecule has 3 rings (SSSR count). The number of ketones is 1.